The van der Waals surface area contributed by atoms with E-state index in [9.17, 15) is 14.0 Å². The Kier molecular flexibility index (Phi) is 6.37. The number of hydrogen-bond acceptors (Lipinski definition) is 4. The van der Waals surface area contributed by atoms with Crippen molar-refractivity contribution in [2.75, 3.05) is 26.7 Å². The molecule has 0 aliphatic rings. The molecule has 0 bridgehead atoms. The maximum absolute atomic E-state index is 13.8. The van der Waals surface area contributed by atoms with E-state index in [2.05, 4.69) is 11.8 Å². The third kappa shape index (κ3) is 4.89. The normalized spacial score (nSPS) is 9.52. The van der Waals surface area contributed by atoms with E-state index in [4.69, 9.17) is 10.5 Å². The molecule has 21 heavy (non-hydrogen) atoms. The lowest BCUT2D eigenvalue weighted by Gasteiger charge is -2.16. The summed E-state index contributed by atoms with van der Waals surface area (Å²) in [6, 6.07) is 3.95. The van der Waals surface area contributed by atoms with Crippen LogP contribution < -0.4 is 5.73 Å². The second-order valence-electron chi connectivity index (χ2n) is 4.17. The Balaban J connectivity index is 2.83. The zero-order valence-electron chi connectivity index (χ0n) is 12.0. The molecule has 0 fully saturated rings. The maximum atomic E-state index is 13.8. The zero-order valence-corrected chi connectivity index (χ0v) is 12.0. The molecule has 0 radical (unpaired) electrons. The van der Waals surface area contributed by atoms with Crippen molar-refractivity contribution in [3.8, 4) is 11.8 Å². The summed E-state index contributed by atoms with van der Waals surface area (Å²) < 4.78 is 18.5. The molecular weight excluding hydrogens is 275 g/mol. The molecule has 0 saturated heterocycles. The van der Waals surface area contributed by atoms with Crippen LogP contribution in [0.2, 0.25) is 0 Å². The van der Waals surface area contributed by atoms with Gasteiger partial charge in [-0.25, -0.2) is 4.39 Å². The minimum absolute atomic E-state index is 0.127. The molecule has 0 unspecified atom stereocenters. The first kappa shape index (κ1) is 16.7. The van der Waals surface area contributed by atoms with Crippen molar-refractivity contribution in [3.63, 3.8) is 0 Å². The summed E-state index contributed by atoms with van der Waals surface area (Å²) >= 11 is 0. The van der Waals surface area contributed by atoms with Gasteiger partial charge in [-0.1, -0.05) is 11.8 Å². The predicted octanol–water partition coefficient (Wildman–Crippen LogP) is 0.771. The lowest BCUT2D eigenvalue weighted by atomic mass is 10.1. The average molecular weight is 292 g/mol. The molecule has 0 aliphatic carbocycles. The van der Waals surface area contributed by atoms with E-state index in [0.717, 1.165) is 11.0 Å². The number of halogens is 1. The fourth-order valence-electron chi connectivity index (χ4n) is 1.59. The quantitative estimate of drug-likeness (QED) is 0.657. The Bertz CT molecular complexity index is 590. The van der Waals surface area contributed by atoms with Crippen molar-refractivity contribution in [3.05, 3.63) is 35.1 Å². The van der Waals surface area contributed by atoms with Crippen LogP contribution in [0.3, 0.4) is 0 Å². The minimum atomic E-state index is -0.605. The zero-order chi connectivity index (χ0) is 15.8. The van der Waals surface area contributed by atoms with Crippen molar-refractivity contribution < 1.29 is 18.7 Å². The Morgan fingerprint density at radius 2 is 2.14 bits per heavy atom. The van der Waals surface area contributed by atoms with Gasteiger partial charge in [-0.15, -0.1) is 0 Å². The molecule has 0 aromatic heterocycles. The Hall–Kier alpha value is -2.39. The highest BCUT2D eigenvalue weighted by atomic mass is 19.1. The van der Waals surface area contributed by atoms with Gasteiger partial charge in [-0.05, 0) is 25.1 Å². The van der Waals surface area contributed by atoms with Gasteiger partial charge in [0.15, 0.2) is 0 Å². The van der Waals surface area contributed by atoms with Crippen LogP contribution in [0.5, 0.6) is 0 Å². The lowest BCUT2D eigenvalue weighted by molar-refractivity contribution is -0.143. The van der Waals surface area contributed by atoms with Crippen LogP contribution >= 0.6 is 0 Å². The molecular formula is C15H17FN2O3. The number of carbonyl (C=O) groups is 2. The van der Waals surface area contributed by atoms with Crippen LogP contribution in [0, 0.1) is 17.7 Å². The summed E-state index contributed by atoms with van der Waals surface area (Å²) in [7, 11) is 1.44. The fraction of sp³-hybridized carbons (Fsp3) is 0.333. The van der Waals surface area contributed by atoms with Gasteiger partial charge in [0.1, 0.15) is 12.4 Å². The van der Waals surface area contributed by atoms with Gasteiger partial charge in [0.05, 0.1) is 18.7 Å². The maximum Gasteiger partial charge on any atom is 0.325 e. The number of hydrogen-bond donors (Lipinski definition) is 1. The van der Waals surface area contributed by atoms with E-state index in [1.165, 1.54) is 19.2 Å². The van der Waals surface area contributed by atoms with Gasteiger partial charge >= 0.3 is 5.97 Å². The topological polar surface area (TPSA) is 72.6 Å². The van der Waals surface area contributed by atoms with Gasteiger partial charge in [0, 0.05) is 12.6 Å². The van der Waals surface area contributed by atoms with Gasteiger partial charge in [0.25, 0.3) is 5.91 Å². The summed E-state index contributed by atoms with van der Waals surface area (Å²) in [5.74, 6) is 3.51. The highest BCUT2D eigenvalue weighted by Crippen LogP contribution is 2.11. The SMILES string of the molecule is CCOC(=O)CN(C)C(=O)c1ccc(C#CCN)c(F)c1. The number of carbonyl (C=O) groups excluding carboxylic acids is 2. The first-order valence-electron chi connectivity index (χ1n) is 6.39. The highest BCUT2D eigenvalue weighted by molar-refractivity contribution is 5.95. The number of ether oxygens (including phenoxy) is 1. The van der Waals surface area contributed by atoms with Crippen LogP contribution in [-0.4, -0.2) is 43.5 Å². The first-order chi connectivity index (χ1) is 9.99. The Morgan fingerprint density at radius 3 is 2.71 bits per heavy atom. The summed E-state index contributed by atoms with van der Waals surface area (Å²) in [6.07, 6.45) is 0. The number of nitrogens with two attached hydrogens (primary N) is 1. The van der Waals surface area contributed by atoms with Crippen molar-refractivity contribution in [2.24, 2.45) is 5.73 Å². The van der Waals surface area contributed by atoms with E-state index in [1.54, 1.807) is 6.92 Å². The molecule has 0 atom stereocenters. The molecule has 1 aromatic carbocycles. The number of amides is 1. The Labute approximate surface area is 122 Å². The smallest absolute Gasteiger partial charge is 0.325 e. The largest absolute Gasteiger partial charge is 0.465 e. The van der Waals surface area contributed by atoms with Crippen LogP contribution in [-0.2, 0) is 9.53 Å². The summed E-state index contributed by atoms with van der Waals surface area (Å²) in [4.78, 5) is 24.5. The minimum Gasteiger partial charge on any atom is -0.465 e. The Morgan fingerprint density at radius 1 is 1.43 bits per heavy atom. The molecule has 1 aromatic rings. The van der Waals surface area contributed by atoms with Crippen LogP contribution in [0.25, 0.3) is 0 Å². The summed E-state index contributed by atoms with van der Waals surface area (Å²) in [5.41, 5.74) is 5.52. The molecule has 0 aliphatic heterocycles. The standard InChI is InChI=1S/C15H17FN2O3/c1-3-21-14(19)10-18(2)15(20)12-7-6-11(5-4-8-17)13(16)9-12/h6-7,9H,3,8,10,17H2,1-2H3. The first-order valence-corrected chi connectivity index (χ1v) is 6.39. The number of benzene rings is 1. The number of rotatable bonds is 4. The second kappa shape index (κ2) is 8.02. The number of nitrogens with zero attached hydrogens (tertiary/aromatic N) is 1. The molecule has 0 saturated carbocycles. The molecule has 6 heteroatoms. The molecule has 112 valence electrons. The molecule has 0 spiro atoms. The van der Waals surface area contributed by atoms with Gasteiger partial charge in [0.2, 0.25) is 0 Å². The van der Waals surface area contributed by atoms with Crippen LogP contribution in [0.4, 0.5) is 4.39 Å². The van der Waals surface area contributed by atoms with E-state index in [-0.39, 0.29) is 30.8 Å². The molecule has 2 N–H and O–H groups in total. The monoisotopic (exact) mass is 292 g/mol. The van der Waals surface area contributed by atoms with E-state index in [0.29, 0.717) is 0 Å². The average Bonchev–Trinajstić information content (AvgIpc) is 2.45. The number of likely N-dealkylation sites (N-methyl/N-ethyl adjacent to an activating group) is 1. The third-order valence-corrected chi connectivity index (χ3v) is 2.56. The molecule has 0 heterocycles. The third-order valence-electron chi connectivity index (χ3n) is 2.56. The molecule has 1 rings (SSSR count). The van der Waals surface area contributed by atoms with Crippen molar-refractivity contribution in [1.82, 2.24) is 4.90 Å². The molecule has 5 nitrogen and oxygen atoms in total. The van der Waals surface area contributed by atoms with E-state index >= 15 is 0 Å². The summed E-state index contributed by atoms with van der Waals surface area (Å²) in [6.45, 7) is 1.85. The van der Waals surface area contributed by atoms with Crippen LogP contribution in [0.1, 0.15) is 22.8 Å². The van der Waals surface area contributed by atoms with E-state index in [1.807, 2.05) is 0 Å². The van der Waals surface area contributed by atoms with Gasteiger partial charge < -0.3 is 15.4 Å². The fourth-order valence-corrected chi connectivity index (χ4v) is 1.59. The number of esters is 1. The predicted molar refractivity (Wildman–Crippen MR) is 75.9 cm³/mol. The second-order valence-corrected chi connectivity index (χ2v) is 4.17. The van der Waals surface area contributed by atoms with Gasteiger partial charge in [-0.2, -0.15) is 0 Å². The van der Waals surface area contributed by atoms with Crippen molar-refractivity contribution in [2.45, 2.75) is 6.92 Å². The van der Waals surface area contributed by atoms with E-state index < -0.39 is 17.7 Å². The highest BCUT2D eigenvalue weighted by Gasteiger charge is 2.16. The summed E-state index contributed by atoms with van der Waals surface area (Å²) in [5, 5.41) is 0. The van der Waals surface area contributed by atoms with Crippen LogP contribution in [0.15, 0.2) is 18.2 Å². The lowest BCUT2D eigenvalue weighted by Crippen LogP contribution is -2.33. The molecule has 1 amide bonds. The van der Waals surface area contributed by atoms with Gasteiger partial charge in [-0.3, -0.25) is 9.59 Å². The van der Waals surface area contributed by atoms with Crippen molar-refractivity contribution in [1.29, 1.82) is 0 Å². The van der Waals surface area contributed by atoms with Crippen molar-refractivity contribution >= 4 is 11.9 Å².